The number of hydrogen-bond donors (Lipinski definition) is 1. The highest BCUT2D eigenvalue weighted by molar-refractivity contribution is 7.93. The Morgan fingerprint density at radius 2 is 1.84 bits per heavy atom. The first-order valence-corrected chi connectivity index (χ1v) is 7.20. The van der Waals surface area contributed by atoms with Crippen LogP contribution in [0.1, 0.15) is 5.82 Å². The van der Waals surface area contributed by atoms with Crippen molar-refractivity contribution in [1.29, 1.82) is 0 Å². The van der Waals surface area contributed by atoms with Gasteiger partial charge in [0.1, 0.15) is 5.82 Å². The molecule has 0 spiro atoms. The van der Waals surface area contributed by atoms with E-state index in [0.29, 0.717) is 0 Å². The van der Waals surface area contributed by atoms with E-state index in [-0.39, 0.29) is 17.0 Å². The van der Waals surface area contributed by atoms with Crippen LogP contribution in [0.25, 0.3) is 17.2 Å². The number of H-pyrrole nitrogens is 1. The average Bonchev–Trinajstić information content (AvgIpc) is 2.59. The summed E-state index contributed by atoms with van der Waals surface area (Å²) in [6.45, 7) is 0. The fourth-order valence-corrected chi connectivity index (χ4v) is 1.99. The molecular weight excluding hydrogens is 272 g/mol. The van der Waals surface area contributed by atoms with Gasteiger partial charge in [0.25, 0.3) is 5.56 Å². The molecule has 0 atom stereocenters. The molecule has 0 radical (unpaired) electrons. The minimum absolute atomic E-state index is 0.128. The summed E-state index contributed by atoms with van der Waals surface area (Å²) in [5.74, 6) is 0.263. The van der Waals surface area contributed by atoms with Crippen LogP contribution in [0.4, 0.5) is 0 Å². The molecule has 2 aromatic rings. The van der Waals surface area contributed by atoms with Crippen LogP contribution in [0.15, 0.2) is 15.0 Å². The zero-order valence-corrected chi connectivity index (χ0v) is 11.4. The lowest BCUT2D eigenvalue weighted by molar-refractivity contribution is 0.610. The molecule has 1 N–H and O–H groups in total. The third-order valence-corrected chi connectivity index (χ3v) is 3.26. The Balaban J connectivity index is 2.78. The highest BCUT2D eigenvalue weighted by Gasteiger charge is 2.12. The number of sulfone groups is 1. The number of imidazole rings is 1. The standard InChI is InChI=1S/C10H12N4O4S/c1-13-6(4-5-19(3,17)18)11-8-7(13)9(15)14(2)10(16)12-8/h4-5H,1-3H3,(H,12,16)/b5-4+. The Kier molecular flexibility index (Phi) is 2.93. The summed E-state index contributed by atoms with van der Waals surface area (Å²) in [4.78, 5) is 29.8. The highest BCUT2D eigenvalue weighted by Crippen LogP contribution is 2.09. The monoisotopic (exact) mass is 284 g/mol. The molecule has 2 aromatic heterocycles. The van der Waals surface area contributed by atoms with Gasteiger partial charge in [-0.2, -0.15) is 0 Å². The molecule has 8 nitrogen and oxygen atoms in total. The first-order chi connectivity index (χ1) is 8.70. The maximum Gasteiger partial charge on any atom is 0.329 e. The normalized spacial score (nSPS) is 12.6. The van der Waals surface area contributed by atoms with Crippen molar-refractivity contribution in [2.45, 2.75) is 0 Å². The third kappa shape index (κ3) is 2.36. The molecule has 0 unspecified atom stereocenters. The van der Waals surface area contributed by atoms with Crippen molar-refractivity contribution in [2.24, 2.45) is 14.1 Å². The van der Waals surface area contributed by atoms with Gasteiger partial charge in [0.15, 0.2) is 21.0 Å². The van der Waals surface area contributed by atoms with Crippen molar-refractivity contribution in [3.63, 3.8) is 0 Å². The van der Waals surface area contributed by atoms with Gasteiger partial charge in [0.05, 0.1) is 0 Å². The quantitative estimate of drug-likeness (QED) is 0.759. The summed E-state index contributed by atoms with van der Waals surface area (Å²) in [6.07, 6.45) is 2.32. The fourth-order valence-electron chi connectivity index (χ4n) is 1.62. The van der Waals surface area contributed by atoms with E-state index >= 15 is 0 Å². The van der Waals surface area contributed by atoms with E-state index in [1.807, 2.05) is 0 Å². The van der Waals surface area contributed by atoms with Crippen LogP contribution < -0.4 is 11.2 Å². The Bertz CT molecular complexity index is 898. The second-order valence-corrected chi connectivity index (χ2v) is 6.08. The van der Waals surface area contributed by atoms with Gasteiger partial charge in [-0.3, -0.25) is 14.3 Å². The lowest BCUT2D eigenvalue weighted by atomic mass is 10.5. The molecule has 102 valence electrons. The van der Waals surface area contributed by atoms with Gasteiger partial charge in [-0.1, -0.05) is 0 Å². The van der Waals surface area contributed by atoms with Crippen molar-refractivity contribution in [3.05, 3.63) is 32.1 Å². The lowest BCUT2D eigenvalue weighted by Gasteiger charge is -1.98. The van der Waals surface area contributed by atoms with Gasteiger partial charge < -0.3 is 4.57 Å². The van der Waals surface area contributed by atoms with Gasteiger partial charge in [0, 0.05) is 25.8 Å². The number of aryl methyl sites for hydroxylation is 1. The molecule has 0 aliphatic heterocycles. The van der Waals surface area contributed by atoms with Crippen LogP contribution in [-0.2, 0) is 23.9 Å². The van der Waals surface area contributed by atoms with E-state index in [2.05, 4.69) is 9.97 Å². The number of nitrogens with zero attached hydrogens (tertiary/aromatic N) is 3. The molecule has 0 saturated carbocycles. The largest absolute Gasteiger partial charge is 0.329 e. The summed E-state index contributed by atoms with van der Waals surface area (Å²) >= 11 is 0. The van der Waals surface area contributed by atoms with Crippen LogP contribution >= 0.6 is 0 Å². The smallest absolute Gasteiger partial charge is 0.322 e. The van der Waals surface area contributed by atoms with Crippen LogP contribution in [0, 0.1) is 0 Å². The summed E-state index contributed by atoms with van der Waals surface area (Å²) in [7, 11) is -0.379. The van der Waals surface area contributed by atoms with Crippen molar-refractivity contribution >= 4 is 27.1 Å². The number of aromatic amines is 1. The second kappa shape index (κ2) is 4.19. The predicted molar refractivity (Wildman–Crippen MR) is 70.5 cm³/mol. The van der Waals surface area contributed by atoms with E-state index in [9.17, 15) is 18.0 Å². The van der Waals surface area contributed by atoms with Crippen LogP contribution in [0.3, 0.4) is 0 Å². The molecular formula is C10H12N4O4S. The zero-order valence-electron chi connectivity index (χ0n) is 10.5. The molecule has 0 bridgehead atoms. The van der Waals surface area contributed by atoms with Crippen LogP contribution in [-0.4, -0.2) is 33.8 Å². The Morgan fingerprint density at radius 3 is 2.42 bits per heavy atom. The lowest BCUT2D eigenvalue weighted by Crippen LogP contribution is -2.33. The first kappa shape index (κ1) is 13.3. The predicted octanol–water partition coefficient (Wildman–Crippen LogP) is -1.02. The molecule has 0 saturated heterocycles. The second-order valence-electron chi connectivity index (χ2n) is 4.15. The minimum Gasteiger partial charge on any atom is -0.322 e. The first-order valence-electron chi connectivity index (χ1n) is 5.24. The van der Waals surface area contributed by atoms with Gasteiger partial charge in [-0.25, -0.2) is 18.2 Å². The molecule has 19 heavy (non-hydrogen) atoms. The topological polar surface area (TPSA) is 107 Å². The molecule has 0 fully saturated rings. The fraction of sp³-hybridized carbons (Fsp3) is 0.300. The molecule has 0 amide bonds. The van der Waals surface area contributed by atoms with Crippen molar-refractivity contribution in [1.82, 2.24) is 19.1 Å². The van der Waals surface area contributed by atoms with Crippen molar-refractivity contribution < 1.29 is 8.42 Å². The molecule has 2 rings (SSSR count). The average molecular weight is 284 g/mol. The Morgan fingerprint density at radius 1 is 1.21 bits per heavy atom. The maximum atomic E-state index is 11.9. The molecule has 0 aliphatic rings. The number of rotatable bonds is 2. The SMILES string of the molecule is Cn1c(=O)[nH]c2nc(/C=C/S(C)(=O)=O)n(C)c2c1=O. The van der Waals surface area contributed by atoms with Crippen LogP contribution in [0.5, 0.6) is 0 Å². The summed E-state index contributed by atoms with van der Waals surface area (Å²) in [6, 6.07) is 0. The number of hydrogen-bond acceptors (Lipinski definition) is 5. The highest BCUT2D eigenvalue weighted by atomic mass is 32.2. The molecule has 2 heterocycles. The molecule has 9 heteroatoms. The van der Waals surface area contributed by atoms with E-state index in [1.54, 1.807) is 7.05 Å². The molecule has 0 aliphatic carbocycles. The number of aromatic nitrogens is 4. The van der Waals surface area contributed by atoms with Gasteiger partial charge in [-0.15, -0.1) is 0 Å². The van der Waals surface area contributed by atoms with Gasteiger partial charge in [0.2, 0.25) is 0 Å². The van der Waals surface area contributed by atoms with Crippen LogP contribution in [0.2, 0.25) is 0 Å². The van der Waals surface area contributed by atoms with E-state index in [0.717, 1.165) is 16.2 Å². The van der Waals surface area contributed by atoms with E-state index in [4.69, 9.17) is 0 Å². The summed E-state index contributed by atoms with van der Waals surface area (Å²) in [5.41, 5.74) is -0.735. The Hall–Kier alpha value is -2.16. The van der Waals surface area contributed by atoms with Crippen molar-refractivity contribution in [2.75, 3.05) is 6.26 Å². The zero-order chi connectivity index (χ0) is 14.4. The summed E-state index contributed by atoms with van der Waals surface area (Å²) < 4.78 is 24.5. The maximum absolute atomic E-state index is 11.9. The van der Waals surface area contributed by atoms with Gasteiger partial charge >= 0.3 is 5.69 Å². The Labute approximate surface area is 107 Å². The number of fused-ring (bicyclic) bond motifs is 1. The van der Waals surface area contributed by atoms with Crippen molar-refractivity contribution in [3.8, 4) is 0 Å². The minimum atomic E-state index is -3.29. The van der Waals surface area contributed by atoms with Gasteiger partial charge in [-0.05, 0) is 6.08 Å². The third-order valence-electron chi connectivity index (χ3n) is 2.63. The van der Waals surface area contributed by atoms with E-state index < -0.39 is 21.1 Å². The van der Waals surface area contributed by atoms with E-state index in [1.165, 1.54) is 17.7 Å². The number of nitrogens with one attached hydrogen (secondary N) is 1. The summed E-state index contributed by atoms with van der Waals surface area (Å²) in [5, 5.41) is 0.983. The molecule has 0 aromatic carbocycles.